The summed E-state index contributed by atoms with van der Waals surface area (Å²) in [6, 6.07) is 5.16. The Labute approximate surface area is 99.5 Å². The molecule has 92 valence electrons. The lowest BCUT2D eigenvalue weighted by Crippen LogP contribution is -2.20. The van der Waals surface area contributed by atoms with Crippen LogP contribution in [-0.4, -0.2) is 26.1 Å². The maximum absolute atomic E-state index is 10.8. The number of ether oxygens (including phenoxy) is 2. The highest BCUT2D eigenvalue weighted by Crippen LogP contribution is 2.20. The van der Waals surface area contributed by atoms with Crippen LogP contribution in [0.4, 0.5) is 4.79 Å². The van der Waals surface area contributed by atoms with E-state index in [1.165, 1.54) is 7.11 Å². The van der Waals surface area contributed by atoms with Gasteiger partial charge in [0.05, 0.1) is 6.61 Å². The van der Waals surface area contributed by atoms with Gasteiger partial charge in [-0.05, 0) is 18.1 Å². The van der Waals surface area contributed by atoms with Crippen molar-refractivity contribution < 1.29 is 19.1 Å². The Morgan fingerprint density at radius 1 is 1.53 bits per heavy atom. The van der Waals surface area contributed by atoms with Gasteiger partial charge in [-0.15, -0.1) is 0 Å². The van der Waals surface area contributed by atoms with Crippen LogP contribution in [0.5, 0.6) is 0 Å². The lowest BCUT2D eigenvalue weighted by Gasteiger charge is -2.16. The van der Waals surface area contributed by atoms with E-state index in [4.69, 9.17) is 15.2 Å². The summed E-state index contributed by atoms with van der Waals surface area (Å²) in [6.07, 6.45) is -0.639. The van der Waals surface area contributed by atoms with E-state index in [0.29, 0.717) is 5.56 Å². The van der Waals surface area contributed by atoms with Crippen molar-refractivity contribution in [3.05, 3.63) is 34.9 Å². The first-order valence-electron chi connectivity index (χ1n) is 5.09. The molecule has 0 saturated carbocycles. The number of aryl methyl sites for hydroxylation is 1. The molecule has 17 heavy (non-hydrogen) atoms. The number of carbonyl (C=O) groups excluding carboxylic acids is 2. The van der Waals surface area contributed by atoms with Crippen LogP contribution in [0.3, 0.4) is 0 Å². The summed E-state index contributed by atoms with van der Waals surface area (Å²) in [5.74, 6) is 0. The summed E-state index contributed by atoms with van der Waals surface area (Å²) >= 11 is 0. The first-order valence-corrected chi connectivity index (χ1v) is 5.09. The molecular weight excluding hydrogens is 222 g/mol. The normalized spacial score (nSPS) is 11.9. The van der Waals surface area contributed by atoms with E-state index < -0.39 is 12.2 Å². The van der Waals surface area contributed by atoms with Gasteiger partial charge in [-0.2, -0.15) is 0 Å². The van der Waals surface area contributed by atoms with Gasteiger partial charge in [-0.1, -0.05) is 18.2 Å². The molecule has 0 aliphatic heterocycles. The molecule has 1 aromatic carbocycles. The number of rotatable bonds is 5. The summed E-state index contributed by atoms with van der Waals surface area (Å²) in [5, 5.41) is 0. The minimum Gasteiger partial charge on any atom is -0.439 e. The van der Waals surface area contributed by atoms with E-state index in [9.17, 15) is 9.59 Å². The van der Waals surface area contributed by atoms with Crippen LogP contribution in [-0.2, 0) is 9.47 Å². The Balaban J connectivity index is 2.97. The molecule has 0 heterocycles. The fourth-order valence-electron chi connectivity index (χ4n) is 1.52. The van der Waals surface area contributed by atoms with Crippen molar-refractivity contribution in [2.75, 3.05) is 13.7 Å². The average Bonchev–Trinajstić information content (AvgIpc) is 2.28. The summed E-state index contributed by atoms with van der Waals surface area (Å²) in [5.41, 5.74) is 7.14. The van der Waals surface area contributed by atoms with Crippen LogP contribution >= 0.6 is 0 Å². The number of hydrogen-bond acceptors (Lipinski definition) is 4. The summed E-state index contributed by atoms with van der Waals surface area (Å²) in [6.45, 7) is 2.02. The van der Waals surface area contributed by atoms with E-state index in [0.717, 1.165) is 17.4 Å². The van der Waals surface area contributed by atoms with Gasteiger partial charge in [0.25, 0.3) is 0 Å². The highest BCUT2D eigenvalue weighted by molar-refractivity contribution is 5.77. The second kappa shape index (κ2) is 6.00. The van der Waals surface area contributed by atoms with E-state index in [2.05, 4.69) is 0 Å². The molecule has 1 rings (SSSR count). The van der Waals surface area contributed by atoms with Crippen molar-refractivity contribution in [3.8, 4) is 0 Å². The Hall–Kier alpha value is -1.88. The maximum Gasteiger partial charge on any atom is 0.405 e. The fraction of sp³-hybridized carbons (Fsp3) is 0.333. The predicted octanol–water partition coefficient (Wildman–Crippen LogP) is 1.59. The van der Waals surface area contributed by atoms with Crippen molar-refractivity contribution in [2.24, 2.45) is 5.73 Å². The van der Waals surface area contributed by atoms with Gasteiger partial charge >= 0.3 is 6.09 Å². The zero-order valence-corrected chi connectivity index (χ0v) is 9.80. The molecule has 0 spiro atoms. The number of aldehydes is 1. The number of hydrogen-bond donors (Lipinski definition) is 1. The van der Waals surface area contributed by atoms with Gasteiger partial charge in [0.1, 0.15) is 6.29 Å². The molecule has 5 heteroatoms. The number of primary amides is 1. The third-order valence-electron chi connectivity index (χ3n) is 2.37. The van der Waals surface area contributed by atoms with Crippen molar-refractivity contribution >= 4 is 12.4 Å². The Bertz CT molecular complexity index is 417. The quantitative estimate of drug-likeness (QED) is 0.789. The molecule has 0 aliphatic rings. The fourth-order valence-corrected chi connectivity index (χ4v) is 1.52. The van der Waals surface area contributed by atoms with Gasteiger partial charge in [0, 0.05) is 12.7 Å². The Kier molecular flexibility index (Phi) is 4.66. The molecule has 0 bridgehead atoms. The van der Waals surface area contributed by atoms with Gasteiger partial charge < -0.3 is 15.2 Å². The summed E-state index contributed by atoms with van der Waals surface area (Å²) in [4.78, 5) is 21.4. The molecule has 0 radical (unpaired) electrons. The predicted molar refractivity (Wildman–Crippen MR) is 61.9 cm³/mol. The van der Waals surface area contributed by atoms with Crippen molar-refractivity contribution in [2.45, 2.75) is 13.0 Å². The molecule has 5 nitrogen and oxygen atoms in total. The highest BCUT2D eigenvalue weighted by Gasteiger charge is 2.15. The monoisotopic (exact) mass is 237 g/mol. The number of benzene rings is 1. The third kappa shape index (κ3) is 3.57. The molecule has 1 atom stereocenters. The minimum absolute atomic E-state index is 0.211. The van der Waals surface area contributed by atoms with Gasteiger partial charge in [-0.3, -0.25) is 4.79 Å². The molecule has 2 N–H and O–H groups in total. The molecule has 0 aromatic heterocycles. The van der Waals surface area contributed by atoms with Gasteiger partial charge in [0.2, 0.25) is 0 Å². The largest absolute Gasteiger partial charge is 0.439 e. The zero-order valence-electron chi connectivity index (χ0n) is 9.80. The third-order valence-corrected chi connectivity index (χ3v) is 2.37. The molecule has 1 unspecified atom stereocenters. The van der Waals surface area contributed by atoms with E-state index in [1.807, 2.05) is 0 Å². The van der Waals surface area contributed by atoms with Crippen LogP contribution in [0.15, 0.2) is 18.2 Å². The van der Waals surface area contributed by atoms with Crippen LogP contribution in [0.25, 0.3) is 0 Å². The number of methoxy groups -OCH3 is 1. The van der Waals surface area contributed by atoms with Crippen LogP contribution < -0.4 is 5.73 Å². The molecule has 0 saturated heterocycles. The SMILES string of the molecule is COCC(OC(N)=O)c1ccc(C=O)c(C)c1. The second-order valence-electron chi connectivity index (χ2n) is 3.61. The van der Waals surface area contributed by atoms with E-state index in [1.54, 1.807) is 25.1 Å². The topological polar surface area (TPSA) is 78.6 Å². The van der Waals surface area contributed by atoms with E-state index >= 15 is 0 Å². The highest BCUT2D eigenvalue weighted by atomic mass is 16.6. The first-order chi connectivity index (χ1) is 8.08. The van der Waals surface area contributed by atoms with Crippen molar-refractivity contribution in [3.63, 3.8) is 0 Å². The van der Waals surface area contributed by atoms with Gasteiger partial charge in [0.15, 0.2) is 6.10 Å². The van der Waals surface area contributed by atoms with Crippen LogP contribution in [0.1, 0.15) is 27.6 Å². The molecule has 1 aromatic rings. The maximum atomic E-state index is 10.8. The number of nitrogens with two attached hydrogens (primary N) is 1. The second-order valence-corrected chi connectivity index (χ2v) is 3.61. The van der Waals surface area contributed by atoms with Crippen LogP contribution in [0, 0.1) is 6.92 Å². The van der Waals surface area contributed by atoms with Crippen LogP contribution in [0.2, 0.25) is 0 Å². The first kappa shape index (κ1) is 13.2. The average molecular weight is 237 g/mol. The van der Waals surface area contributed by atoms with E-state index in [-0.39, 0.29) is 6.61 Å². The standard InChI is InChI=1S/C12H15NO4/c1-8-5-9(3-4-10(8)6-14)11(7-16-2)17-12(13)15/h3-6,11H,7H2,1-2H3,(H2,13,15). The minimum atomic E-state index is -0.857. The zero-order chi connectivity index (χ0) is 12.8. The van der Waals surface area contributed by atoms with Gasteiger partial charge in [-0.25, -0.2) is 4.79 Å². The molecular formula is C12H15NO4. The molecule has 1 amide bonds. The molecule has 0 aliphatic carbocycles. The van der Waals surface area contributed by atoms with Crippen molar-refractivity contribution in [1.29, 1.82) is 0 Å². The Morgan fingerprint density at radius 3 is 2.71 bits per heavy atom. The Morgan fingerprint density at radius 2 is 2.24 bits per heavy atom. The smallest absolute Gasteiger partial charge is 0.405 e. The summed E-state index contributed by atoms with van der Waals surface area (Å²) in [7, 11) is 1.50. The lowest BCUT2D eigenvalue weighted by molar-refractivity contribution is 0.0432. The number of carbonyl (C=O) groups is 2. The summed E-state index contributed by atoms with van der Waals surface area (Å²) < 4.78 is 9.88. The molecule has 0 fully saturated rings. The lowest BCUT2D eigenvalue weighted by atomic mass is 10.0. The number of amides is 1. The van der Waals surface area contributed by atoms with Crippen molar-refractivity contribution in [1.82, 2.24) is 0 Å².